The zero-order valence-electron chi connectivity index (χ0n) is 20.2. The van der Waals surface area contributed by atoms with Crippen molar-refractivity contribution in [3.05, 3.63) is 83.0 Å². The van der Waals surface area contributed by atoms with E-state index in [-0.39, 0.29) is 18.5 Å². The molecule has 2 atom stereocenters. The van der Waals surface area contributed by atoms with Gasteiger partial charge in [-0.3, -0.25) is 5.32 Å². The molecule has 0 saturated heterocycles. The lowest BCUT2D eigenvalue weighted by Gasteiger charge is -2.39. The summed E-state index contributed by atoms with van der Waals surface area (Å²) in [6, 6.07) is 11.0. The van der Waals surface area contributed by atoms with Gasteiger partial charge in [-0.2, -0.15) is 0 Å². The molecule has 0 bridgehead atoms. The third-order valence-electron chi connectivity index (χ3n) is 6.71. The zero-order chi connectivity index (χ0) is 24.9. The Morgan fingerprint density at radius 2 is 2.00 bits per heavy atom. The van der Waals surface area contributed by atoms with E-state index in [2.05, 4.69) is 47.6 Å². The maximum Gasteiger partial charge on any atom is 0.244 e. The molecule has 6 rings (SSSR count). The fourth-order valence-corrected chi connectivity index (χ4v) is 4.97. The number of aromatic amines is 2. The average molecular weight is 488 g/mol. The van der Waals surface area contributed by atoms with Gasteiger partial charge in [0.05, 0.1) is 41.6 Å². The van der Waals surface area contributed by atoms with Crippen molar-refractivity contribution < 1.29 is 13.5 Å². The molecule has 5 heterocycles. The number of ether oxygens (including phenoxy) is 1. The summed E-state index contributed by atoms with van der Waals surface area (Å²) in [6.45, 7) is 6.18. The van der Waals surface area contributed by atoms with Crippen molar-refractivity contribution in [3.8, 4) is 11.4 Å². The molecule has 4 aromatic heterocycles. The van der Waals surface area contributed by atoms with Gasteiger partial charge in [0.15, 0.2) is 5.54 Å². The number of nitrogens with zero attached hydrogens (tertiary/aromatic N) is 4. The van der Waals surface area contributed by atoms with Crippen molar-refractivity contribution in [1.29, 1.82) is 0 Å². The van der Waals surface area contributed by atoms with Crippen molar-refractivity contribution in [2.24, 2.45) is 0 Å². The molecule has 3 N–H and O–H groups in total. The molecule has 0 spiro atoms. The first-order valence-electron chi connectivity index (χ1n) is 11.9. The number of halogens is 1. The van der Waals surface area contributed by atoms with Crippen LogP contribution in [0.3, 0.4) is 0 Å². The first kappa shape index (κ1) is 22.6. The number of para-hydroxylation sites is 1. The van der Waals surface area contributed by atoms with Crippen molar-refractivity contribution in [2.75, 3.05) is 13.2 Å². The SMILES string of the molecule is CCOC[C@@]1(c2nnc(C)o2)N[C@@H](c2ncc(-c3ccc(F)c(C)n3)[nH]2)Cc2c1[nH]c1ccccc21. The smallest absolute Gasteiger partial charge is 0.244 e. The first-order chi connectivity index (χ1) is 17.5. The molecular formula is C26H26FN7O2. The molecule has 5 aromatic rings. The molecule has 1 aliphatic rings. The minimum atomic E-state index is -0.911. The van der Waals surface area contributed by atoms with Gasteiger partial charge < -0.3 is 19.1 Å². The maximum atomic E-state index is 13.8. The average Bonchev–Trinajstić information content (AvgIpc) is 3.63. The predicted octanol–water partition coefficient (Wildman–Crippen LogP) is 4.26. The van der Waals surface area contributed by atoms with Crippen LogP contribution in [0, 0.1) is 19.7 Å². The summed E-state index contributed by atoms with van der Waals surface area (Å²) < 4.78 is 25.8. The Kier molecular flexibility index (Phi) is 5.42. The Bertz CT molecular complexity index is 1550. The number of hydrogen-bond acceptors (Lipinski definition) is 7. The quantitative estimate of drug-likeness (QED) is 0.328. The van der Waals surface area contributed by atoms with Crippen molar-refractivity contribution in [1.82, 2.24) is 35.5 Å². The second kappa shape index (κ2) is 8.65. The molecule has 0 saturated carbocycles. The maximum absolute atomic E-state index is 13.8. The van der Waals surface area contributed by atoms with Gasteiger partial charge >= 0.3 is 0 Å². The highest BCUT2D eigenvalue weighted by Crippen LogP contribution is 2.42. The highest BCUT2D eigenvalue weighted by atomic mass is 19.1. The van der Waals surface area contributed by atoms with Crippen LogP contribution >= 0.6 is 0 Å². The first-order valence-corrected chi connectivity index (χ1v) is 11.9. The fraction of sp³-hybridized carbons (Fsp3) is 0.308. The number of fused-ring (bicyclic) bond motifs is 3. The Morgan fingerprint density at radius 3 is 2.78 bits per heavy atom. The zero-order valence-corrected chi connectivity index (χ0v) is 20.2. The van der Waals surface area contributed by atoms with Crippen molar-refractivity contribution >= 4 is 10.9 Å². The van der Waals surface area contributed by atoms with Gasteiger partial charge in [0.25, 0.3) is 0 Å². The lowest BCUT2D eigenvalue weighted by Crippen LogP contribution is -2.53. The molecule has 0 unspecified atom stereocenters. The Morgan fingerprint density at radius 1 is 1.14 bits per heavy atom. The molecule has 184 valence electrons. The summed E-state index contributed by atoms with van der Waals surface area (Å²) in [7, 11) is 0. The van der Waals surface area contributed by atoms with Crippen LogP contribution in [-0.2, 0) is 16.7 Å². The minimum Gasteiger partial charge on any atom is -0.423 e. The molecule has 36 heavy (non-hydrogen) atoms. The van der Waals surface area contributed by atoms with E-state index in [0.29, 0.717) is 41.9 Å². The molecule has 1 aromatic carbocycles. The van der Waals surface area contributed by atoms with Crippen LogP contribution in [0.15, 0.2) is 47.0 Å². The number of aryl methyl sites for hydroxylation is 2. The number of aromatic nitrogens is 6. The fourth-order valence-electron chi connectivity index (χ4n) is 4.97. The third-order valence-corrected chi connectivity index (χ3v) is 6.71. The van der Waals surface area contributed by atoms with Gasteiger partial charge in [-0.25, -0.2) is 14.4 Å². The normalized spacial score (nSPS) is 19.6. The van der Waals surface area contributed by atoms with Crippen LogP contribution in [-0.4, -0.2) is 43.3 Å². The number of imidazole rings is 1. The van der Waals surface area contributed by atoms with E-state index < -0.39 is 5.54 Å². The Balaban J connectivity index is 1.49. The van der Waals surface area contributed by atoms with Crippen LogP contribution in [0.1, 0.15) is 47.5 Å². The van der Waals surface area contributed by atoms with Gasteiger partial charge in [-0.15, -0.1) is 10.2 Å². The Hall–Kier alpha value is -3.89. The molecule has 1 aliphatic heterocycles. The van der Waals surface area contributed by atoms with E-state index in [1.54, 1.807) is 26.1 Å². The number of benzene rings is 1. The summed E-state index contributed by atoms with van der Waals surface area (Å²) in [4.78, 5) is 16.0. The van der Waals surface area contributed by atoms with Crippen LogP contribution < -0.4 is 5.32 Å². The van der Waals surface area contributed by atoms with E-state index in [9.17, 15) is 4.39 Å². The van der Waals surface area contributed by atoms with Crippen LogP contribution in [0.25, 0.3) is 22.3 Å². The molecule has 0 radical (unpaired) electrons. The van der Waals surface area contributed by atoms with Gasteiger partial charge in [0.1, 0.15) is 11.6 Å². The minimum absolute atomic E-state index is 0.223. The highest BCUT2D eigenvalue weighted by molar-refractivity contribution is 5.85. The summed E-state index contributed by atoms with van der Waals surface area (Å²) >= 11 is 0. The predicted molar refractivity (Wildman–Crippen MR) is 131 cm³/mol. The summed E-state index contributed by atoms with van der Waals surface area (Å²) in [5.74, 6) is 1.28. The third kappa shape index (κ3) is 3.61. The van der Waals surface area contributed by atoms with E-state index in [4.69, 9.17) is 9.15 Å². The second-order valence-corrected chi connectivity index (χ2v) is 9.04. The Labute approximate surface area is 206 Å². The number of rotatable bonds is 6. The number of H-pyrrole nitrogens is 2. The summed E-state index contributed by atoms with van der Waals surface area (Å²) in [5.41, 5.74) is 3.87. The van der Waals surface area contributed by atoms with Crippen molar-refractivity contribution in [3.63, 3.8) is 0 Å². The topological polar surface area (TPSA) is 118 Å². The number of pyridine rings is 1. The van der Waals surface area contributed by atoms with E-state index in [1.165, 1.54) is 6.07 Å². The molecule has 0 amide bonds. The van der Waals surface area contributed by atoms with E-state index >= 15 is 0 Å². The van der Waals surface area contributed by atoms with E-state index in [0.717, 1.165) is 28.0 Å². The van der Waals surface area contributed by atoms with Crippen molar-refractivity contribution in [2.45, 2.75) is 38.8 Å². The van der Waals surface area contributed by atoms with Gasteiger partial charge in [0, 0.05) is 24.4 Å². The number of nitrogens with one attached hydrogen (secondary N) is 3. The summed E-state index contributed by atoms with van der Waals surface area (Å²) in [5, 5.41) is 13.4. The molecule has 9 nitrogen and oxygen atoms in total. The van der Waals surface area contributed by atoms with Crippen LogP contribution in [0.4, 0.5) is 4.39 Å². The second-order valence-electron chi connectivity index (χ2n) is 9.04. The van der Waals surface area contributed by atoms with E-state index in [1.807, 2.05) is 19.1 Å². The van der Waals surface area contributed by atoms with Crippen LogP contribution in [0.2, 0.25) is 0 Å². The van der Waals surface area contributed by atoms with Gasteiger partial charge in [-0.05, 0) is 44.0 Å². The highest BCUT2D eigenvalue weighted by Gasteiger charge is 2.49. The van der Waals surface area contributed by atoms with Gasteiger partial charge in [0.2, 0.25) is 11.8 Å². The standard InChI is InChI=1S/C26H26FN7O2/c1-4-35-13-26(25-34-33-15(3)36-25)23-17(16-7-5-6-8-19(16)30-23)11-21(32-26)24-28-12-22(31-24)20-10-9-18(27)14(2)29-20/h5-10,12,21,30,32H,4,11,13H2,1-3H3,(H,28,31)/t21-,26-/m1/s1. The molecule has 0 aliphatic carbocycles. The molecule has 10 heteroatoms. The largest absolute Gasteiger partial charge is 0.423 e. The molecular weight excluding hydrogens is 461 g/mol. The summed E-state index contributed by atoms with van der Waals surface area (Å²) in [6.07, 6.45) is 2.39. The molecule has 0 fully saturated rings. The lowest BCUT2D eigenvalue weighted by atomic mass is 9.83. The van der Waals surface area contributed by atoms with Crippen LogP contribution in [0.5, 0.6) is 0 Å². The monoisotopic (exact) mass is 487 g/mol. The van der Waals surface area contributed by atoms with Gasteiger partial charge in [-0.1, -0.05) is 18.2 Å². The lowest BCUT2D eigenvalue weighted by molar-refractivity contribution is 0.0657. The number of hydrogen-bond donors (Lipinski definition) is 3.